The van der Waals surface area contributed by atoms with Crippen LogP contribution >= 0.6 is 11.3 Å². The molecule has 3 N–H and O–H groups in total. The summed E-state index contributed by atoms with van der Waals surface area (Å²) in [6.45, 7) is 0. The minimum Gasteiger partial charge on any atom is -0.479 e. The third-order valence-electron chi connectivity index (χ3n) is 2.29. The van der Waals surface area contributed by atoms with E-state index in [0.717, 1.165) is 0 Å². The van der Waals surface area contributed by atoms with Gasteiger partial charge >= 0.3 is 12.0 Å². The number of carboxylic acid groups (broad SMARTS) is 1. The van der Waals surface area contributed by atoms with Crippen molar-refractivity contribution in [3.8, 4) is 0 Å². The summed E-state index contributed by atoms with van der Waals surface area (Å²) in [4.78, 5) is 27.2. The summed E-state index contributed by atoms with van der Waals surface area (Å²) >= 11 is 1.26. The first-order chi connectivity index (χ1) is 9.08. The van der Waals surface area contributed by atoms with Crippen LogP contribution in [0.3, 0.4) is 0 Å². The number of hydrogen-bond acceptors (Lipinski definition) is 5. The van der Waals surface area contributed by atoms with Crippen LogP contribution in [0.25, 0.3) is 0 Å². The summed E-state index contributed by atoms with van der Waals surface area (Å²) in [7, 11) is 1.61. The Morgan fingerprint density at radius 3 is 2.84 bits per heavy atom. The van der Waals surface area contributed by atoms with Gasteiger partial charge in [-0.05, 0) is 11.4 Å². The maximum atomic E-state index is 11.7. The molecule has 100 valence electrons. The van der Waals surface area contributed by atoms with Crippen LogP contribution in [0.1, 0.15) is 10.9 Å². The quantitative estimate of drug-likeness (QED) is 0.768. The molecule has 0 aliphatic rings. The topological polar surface area (TPSA) is 109 Å². The minimum absolute atomic E-state index is 0.229. The number of carboxylic acids is 1. The van der Waals surface area contributed by atoms with E-state index in [9.17, 15) is 9.59 Å². The Kier molecular flexibility index (Phi) is 3.76. The fourth-order valence-electron chi connectivity index (χ4n) is 1.39. The molecule has 0 fully saturated rings. The van der Waals surface area contributed by atoms with E-state index in [1.165, 1.54) is 22.3 Å². The maximum Gasteiger partial charge on any atom is 0.331 e. The Morgan fingerprint density at radius 1 is 1.53 bits per heavy atom. The number of aryl methyl sites for hydroxylation is 1. The van der Waals surface area contributed by atoms with Gasteiger partial charge in [0.2, 0.25) is 5.95 Å². The minimum atomic E-state index is -1.13. The van der Waals surface area contributed by atoms with Crippen molar-refractivity contribution in [1.29, 1.82) is 0 Å². The second-order valence-corrected chi connectivity index (χ2v) is 4.57. The molecular weight excluding hydrogens is 270 g/mol. The zero-order valence-corrected chi connectivity index (χ0v) is 10.7. The van der Waals surface area contributed by atoms with Gasteiger partial charge in [-0.25, -0.2) is 14.3 Å². The predicted molar refractivity (Wildman–Crippen MR) is 67.9 cm³/mol. The van der Waals surface area contributed by atoms with Crippen LogP contribution in [0.2, 0.25) is 0 Å². The van der Waals surface area contributed by atoms with Gasteiger partial charge in [-0.2, -0.15) is 10.1 Å². The summed E-state index contributed by atoms with van der Waals surface area (Å²) in [6, 6.07) is 1.62. The van der Waals surface area contributed by atoms with Gasteiger partial charge in [0.05, 0.1) is 0 Å². The van der Waals surface area contributed by atoms with Crippen molar-refractivity contribution in [3.05, 3.63) is 28.7 Å². The monoisotopic (exact) mass is 281 g/mol. The molecule has 2 heterocycles. The van der Waals surface area contributed by atoms with Gasteiger partial charge < -0.3 is 10.4 Å². The molecule has 0 spiro atoms. The fraction of sp³-hybridized carbons (Fsp3) is 0.200. The summed E-state index contributed by atoms with van der Waals surface area (Å²) in [5.41, 5.74) is 0. The van der Waals surface area contributed by atoms with E-state index in [1.807, 2.05) is 0 Å². The van der Waals surface area contributed by atoms with Gasteiger partial charge in [0.15, 0.2) is 6.04 Å². The lowest BCUT2D eigenvalue weighted by atomic mass is 10.2. The van der Waals surface area contributed by atoms with E-state index in [-0.39, 0.29) is 5.95 Å². The summed E-state index contributed by atoms with van der Waals surface area (Å²) in [5, 5.41) is 19.4. The molecular formula is C10H11N5O3S. The standard InChI is InChI=1S/C10H11N5O3S/c1-15-9(11-5-12-15)14-10(18)13-7(8(16)17)6-3-2-4-19-6/h2-5,7H,1H3,(H,16,17)(H2,11,12,13,14,18). The summed E-state index contributed by atoms with van der Waals surface area (Å²) in [5.74, 6) is -0.900. The van der Waals surface area contributed by atoms with Gasteiger partial charge in [0.25, 0.3) is 0 Å². The highest BCUT2D eigenvalue weighted by Gasteiger charge is 2.23. The summed E-state index contributed by atoms with van der Waals surface area (Å²) in [6.07, 6.45) is 1.28. The Bertz CT molecular complexity index is 580. The number of urea groups is 1. The smallest absolute Gasteiger partial charge is 0.331 e. The number of aromatic nitrogens is 3. The lowest BCUT2D eigenvalue weighted by molar-refractivity contribution is -0.139. The number of anilines is 1. The number of rotatable bonds is 4. The lowest BCUT2D eigenvalue weighted by Gasteiger charge is -2.13. The number of nitrogens with zero attached hydrogens (tertiary/aromatic N) is 3. The van der Waals surface area contributed by atoms with Gasteiger partial charge in [-0.3, -0.25) is 5.32 Å². The van der Waals surface area contributed by atoms with Gasteiger partial charge in [-0.1, -0.05) is 6.07 Å². The second-order valence-electron chi connectivity index (χ2n) is 3.59. The predicted octanol–water partition coefficient (Wildman–Crippen LogP) is 0.824. The zero-order chi connectivity index (χ0) is 13.8. The van der Waals surface area contributed by atoms with E-state index in [4.69, 9.17) is 5.11 Å². The van der Waals surface area contributed by atoms with Crippen molar-refractivity contribution in [2.24, 2.45) is 7.05 Å². The molecule has 2 amide bonds. The van der Waals surface area contributed by atoms with Crippen molar-refractivity contribution in [2.45, 2.75) is 6.04 Å². The van der Waals surface area contributed by atoms with Crippen molar-refractivity contribution < 1.29 is 14.7 Å². The first-order valence-electron chi connectivity index (χ1n) is 5.25. The van der Waals surface area contributed by atoms with Gasteiger partial charge in [0, 0.05) is 11.9 Å². The molecule has 1 atom stereocenters. The highest BCUT2D eigenvalue weighted by molar-refractivity contribution is 7.10. The molecule has 0 saturated carbocycles. The molecule has 0 bridgehead atoms. The molecule has 0 aliphatic carbocycles. The molecule has 8 nitrogen and oxygen atoms in total. The van der Waals surface area contributed by atoms with Crippen LogP contribution in [0.5, 0.6) is 0 Å². The molecule has 2 rings (SSSR count). The number of thiophene rings is 1. The van der Waals surface area contributed by atoms with E-state index in [0.29, 0.717) is 4.88 Å². The van der Waals surface area contributed by atoms with Crippen LogP contribution in [0.15, 0.2) is 23.8 Å². The molecule has 1 unspecified atom stereocenters. The van der Waals surface area contributed by atoms with Crippen molar-refractivity contribution in [3.63, 3.8) is 0 Å². The number of hydrogen-bond donors (Lipinski definition) is 3. The molecule has 19 heavy (non-hydrogen) atoms. The highest BCUT2D eigenvalue weighted by atomic mass is 32.1. The van der Waals surface area contributed by atoms with Crippen LogP contribution < -0.4 is 10.6 Å². The van der Waals surface area contributed by atoms with Crippen LogP contribution in [0, 0.1) is 0 Å². The number of carbonyl (C=O) groups is 2. The van der Waals surface area contributed by atoms with Crippen LogP contribution in [-0.2, 0) is 11.8 Å². The van der Waals surface area contributed by atoms with Gasteiger partial charge in [-0.15, -0.1) is 11.3 Å². The Hall–Kier alpha value is -2.42. The van der Waals surface area contributed by atoms with E-state index < -0.39 is 18.0 Å². The van der Waals surface area contributed by atoms with Gasteiger partial charge in [0.1, 0.15) is 6.33 Å². The lowest BCUT2D eigenvalue weighted by Crippen LogP contribution is -2.36. The highest BCUT2D eigenvalue weighted by Crippen LogP contribution is 2.19. The average Bonchev–Trinajstić information content (AvgIpc) is 2.98. The number of nitrogens with one attached hydrogen (secondary N) is 2. The zero-order valence-electron chi connectivity index (χ0n) is 9.90. The second kappa shape index (κ2) is 5.48. The average molecular weight is 281 g/mol. The first kappa shape index (κ1) is 13.0. The largest absolute Gasteiger partial charge is 0.479 e. The van der Waals surface area contributed by atoms with Crippen molar-refractivity contribution in [1.82, 2.24) is 20.1 Å². The van der Waals surface area contributed by atoms with E-state index in [2.05, 4.69) is 20.7 Å². The number of amides is 2. The molecule has 0 aromatic carbocycles. The molecule has 2 aromatic heterocycles. The Labute approximate surface area is 112 Å². The Balaban J connectivity index is 2.04. The van der Waals surface area contributed by atoms with Crippen LogP contribution in [-0.4, -0.2) is 31.9 Å². The normalized spacial score (nSPS) is 11.8. The number of aliphatic carboxylic acids is 1. The Morgan fingerprint density at radius 2 is 2.32 bits per heavy atom. The third-order valence-corrected chi connectivity index (χ3v) is 3.22. The maximum absolute atomic E-state index is 11.7. The van der Waals surface area contributed by atoms with Crippen LogP contribution in [0.4, 0.5) is 10.7 Å². The van der Waals surface area contributed by atoms with E-state index in [1.54, 1.807) is 24.6 Å². The van der Waals surface area contributed by atoms with Crippen molar-refractivity contribution >= 4 is 29.3 Å². The first-order valence-corrected chi connectivity index (χ1v) is 6.13. The SMILES string of the molecule is Cn1ncnc1NC(=O)NC(C(=O)O)c1cccs1. The van der Waals surface area contributed by atoms with Crippen molar-refractivity contribution in [2.75, 3.05) is 5.32 Å². The van der Waals surface area contributed by atoms with E-state index >= 15 is 0 Å². The molecule has 0 aliphatic heterocycles. The fourth-order valence-corrected chi connectivity index (χ4v) is 2.16. The third kappa shape index (κ3) is 3.07. The molecule has 0 saturated heterocycles. The molecule has 0 radical (unpaired) electrons. The molecule has 2 aromatic rings. The molecule has 9 heteroatoms. The summed E-state index contributed by atoms with van der Waals surface area (Å²) < 4.78 is 1.36. The number of carbonyl (C=O) groups excluding carboxylic acids is 1.